The lowest BCUT2D eigenvalue weighted by molar-refractivity contribution is 0.0356. The lowest BCUT2D eigenvalue weighted by Crippen LogP contribution is -2.58. The zero-order chi connectivity index (χ0) is 24.9. The highest BCUT2D eigenvalue weighted by molar-refractivity contribution is 5.74. The lowest BCUT2D eigenvalue weighted by Gasteiger charge is -2.40. The van der Waals surface area contributed by atoms with Crippen LogP contribution < -0.4 is 4.74 Å². The van der Waals surface area contributed by atoms with Gasteiger partial charge < -0.3 is 29.3 Å². The molecule has 0 spiro atoms. The predicted octanol–water partition coefficient (Wildman–Crippen LogP) is 2.93. The Morgan fingerprint density at radius 2 is 1.77 bits per heavy atom. The molecule has 2 atom stereocenters. The Hall–Kier alpha value is -3.80. The monoisotopic (exact) mass is 474 g/mol. The van der Waals surface area contributed by atoms with Crippen molar-refractivity contribution < 1.29 is 19.7 Å². The van der Waals surface area contributed by atoms with E-state index in [1.54, 1.807) is 47.8 Å². The minimum absolute atomic E-state index is 0.00597. The maximum Gasteiger partial charge on any atom is 0.319 e. The van der Waals surface area contributed by atoms with Crippen LogP contribution in [0, 0.1) is 11.8 Å². The van der Waals surface area contributed by atoms with Crippen molar-refractivity contribution in [2.75, 3.05) is 33.8 Å². The lowest BCUT2D eigenvalue weighted by atomic mass is 10.0. The maximum atomic E-state index is 11.9. The summed E-state index contributed by atoms with van der Waals surface area (Å²) in [5.41, 5.74) is 2.94. The van der Waals surface area contributed by atoms with Crippen molar-refractivity contribution in [2.45, 2.75) is 25.2 Å². The van der Waals surface area contributed by atoms with E-state index in [1.165, 1.54) is 0 Å². The normalized spacial score (nSPS) is 14.9. The topological polar surface area (TPSA) is 91.1 Å². The first-order valence-corrected chi connectivity index (χ1v) is 11.5. The van der Waals surface area contributed by atoms with E-state index in [-0.39, 0.29) is 18.7 Å². The van der Waals surface area contributed by atoms with Gasteiger partial charge >= 0.3 is 6.03 Å². The zero-order valence-electron chi connectivity index (χ0n) is 20.1. The second-order valence-electron chi connectivity index (χ2n) is 8.76. The molecule has 3 aromatic rings. The van der Waals surface area contributed by atoms with E-state index in [1.807, 2.05) is 48.5 Å². The van der Waals surface area contributed by atoms with Gasteiger partial charge in [0.1, 0.15) is 29.8 Å². The van der Waals surface area contributed by atoms with Crippen LogP contribution in [0.4, 0.5) is 4.79 Å². The number of aliphatic hydroxyl groups is 2. The third-order valence-electron chi connectivity index (χ3n) is 5.84. The van der Waals surface area contributed by atoms with Crippen LogP contribution in [-0.2, 0) is 0 Å². The van der Waals surface area contributed by atoms with E-state index in [9.17, 15) is 15.0 Å². The van der Waals surface area contributed by atoms with Gasteiger partial charge in [0.05, 0.1) is 19.7 Å². The van der Waals surface area contributed by atoms with Crippen molar-refractivity contribution in [2.24, 2.45) is 0 Å². The SMILES string of the molecule is C[C@H](O)c1nccn1[C@@H](C#Cc1ccc(-c2ccc(OC3CN(C(=O)N(C)C)C3)cc2)cc1)CO. The first kappa shape index (κ1) is 24.3. The first-order valence-electron chi connectivity index (χ1n) is 11.5. The number of nitrogens with zero attached hydrogens (tertiary/aromatic N) is 4. The molecule has 35 heavy (non-hydrogen) atoms. The van der Waals surface area contributed by atoms with Gasteiger partial charge in [0.2, 0.25) is 0 Å². The largest absolute Gasteiger partial charge is 0.487 e. The fourth-order valence-corrected chi connectivity index (χ4v) is 3.90. The molecule has 0 radical (unpaired) electrons. The van der Waals surface area contributed by atoms with Crippen LogP contribution in [0.15, 0.2) is 60.9 Å². The summed E-state index contributed by atoms with van der Waals surface area (Å²) in [6.45, 7) is 2.65. The van der Waals surface area contributed by atoms with Gasteiger partial charge in [-0.05, 0) is 42.3 Å². The van der Waals surface area contributed by atoms with E-state index < -0.39 is 12.1 Å². The third kappa shape index (κ3) is 5.65. The van der Waals surface area contributed by atoms with Gasteiger partial charge in [0.15, 0.2) is 0 Å². The molecule has 0 aliphatic carbocycles. The van der Waals surface area contributed by atoms with Gasteiger partial charge in [-0.15, -0.1) is 0 Å². The van der Waals surface area contributed by atoms with E-state index in [0.717, 1.165) is 22.4 Å². The Morgan fingerprint density at radius 3 is 2.34 bits per heavy atom. The minimum Gasteiger partial charge on any atom is -0.487 e. The number of imidazole rings is 1. The van der Waals surface area contributed by atoms with E-state index >= 15 is 0 Å². The number of aliphatic hydroxyl groups excluding tert-OH is 2. The average molecular weight is 475 g/mol. The molecule has 1 aliphatic heterocycles. The number of carbonyl (C=O) groups is 1. The summed E-state index contributed by atoms with van der Waals surface area (Å²) in [6.07, 6.45) is 2.57. The number of benzene rings is 2. The number of rotatable bonds is 6. The Morgan fingerprint density at radius 1 is 1.14 bits per heavy atom. The highest BCUT2D eigenvalue weighted by atomic mass is 16.5. The third-order valence-corrected chi connectivity index (χ3v) is 5.84. The highest BCUT2D eigenvalue weighted by Crippen LogP contribution is 2.25. The Labute approximate surface area is 205 Å². The van der Waals surface area contributed by atoms with E-state index in [2.05, 4.69) is 16.8 Å². The number of likely N-dealkylation sites (tertiary alicyclic amines) is 1. The summed E-state index contributed by atoms with van der Waals surface area (Å²) in [5.74, 6) is 7.42. The summed E-state index contributed by atoms with van der Waals surface area (Å²) < 4.78 is 7.66. The molecule has 8 nitrogen and oxygen atoms in total. The van der Waals surface area contributed by atoms with Gasteiger partial charge in [-0.3, -0.25) is 0 Å². The summed E-state index contributed by atoms with van der Waals surface area (Å²) in [6, 6.07) is 15.3. The number of carbonyl (C=O) groups excluding carboxylic acids is 1. The van der Waals surface area contributed by atoms with Crippen molar-refractivity contribution in [3.63, 3.8) is 0 Å². The number of hydrogen-bond donors (Lipinski definition) is 2. The van der Waals surface area contributed by atoms with E-state index in [4.69, 9.17) is 4.74 Å². The van der Waals surface area contributed by atoms with Crippen molar-refractivity contribution in [1.29, 1.82) is 0 Å². The molecule has 1 saturated heterocycles. The summed E-state index contributed by atoms with van der Waals surface area (Å²) >= 11 is 0. The number of ether oxygens (including phenoxy) is 1. The Balaban J connectivity index is 1.36. The molecule has 0 saturated carbocycles. The van der Waals surface area contributed by atoms with Crippen LogP contribution in [0.2, 0.25) is 0 Å². The average Bonchev–Trinajstić information content (AvgIpc) is 3.32. The van der Waals surface area contributed by atoms with Crippen LogP contribution >= 0.6 is 0 Å². The summed E-state index contributed by atoms with van der Waals surface area (Å²) in [4.78, 5) is 19.4. The Bertz CT molecular complexity index is 1200. The molecule has 1 aromatic heterocycles. The van der Waals surface area contributed by atoms with Gasteiger partial charge in [-0.2, -0.15) is 0 Å². The van der Waals surface area contributed by atoms with Crippen molar-refractivity contribution in [1.82, 2.24) is 19.4 Å². The van der Waals surface area contributed by atoms with Gasteiger partial charge in [0.25, 0.3) is 0 Å². The molecule has 4 rings (SSSR count). The minimum atomic E-state index is -0.743. The molecule has 1 aliphatic rings. The number of aromatic nitrogens is 2. The van der Waals surface area contributed by atoms with Crippen molar-refractivity contribution in [3.8, 4) is 28.7 Å². The summed E-state index contributed by atoms with van der Waals surface area (Å²) in [7, 11) is 3.49. The quantitative estimate of drug-likeness (QED) is 0.536. The summed E-state index contributed by atoms with van der Waals surface area (Å²) in [5, 5.41) is 19.6. The second kappa shape index (κ2) is 10.6. The van der Waals surface area contributed by atoms with Crippen LogP contribution in [-0.4, -0.2) is 75.5 Å². The first-order chi connectivity index (χ1) is 16.9. The van der Waals surface area contributed by atoms with Gasteiger partial charge in [-0.25, -0.2) is 9.78 Å². The van der Waals surface area contributed by atoms with Gasteiger partial charge in [0, 0.05) is 32.1 Å². The van der Waals surface area contributed by atoms with Crippen LogP contribution in [0.5, 0.6) is 5.75 Å². The molecule has 2 heterocycles. The second-order valence-corrected chi connectivity index (χ2v) is 8.76. The molecular weight excluding hydrogens is 444 g/mol. The molecular formula is C27H30N4O4. The predicted molar refractivity (Wildman–Crippen MR) is 133 cm³/mol. The molecule has 182 valence electrons. The molecule has 1 fully saturated rings. The van der Waals surface area contributed by atoms with Crippen LogP contribution in [0.1, 0.15) is 30.5 Å². The van der Waals surface area contributed by atoms with Gasteiger partial charge in [-0.1, -0.05) is 36.1 Å². The fraction of sp³-hybridized carbons (Fsp3) is 0.333. The molecule has 0 bridgehead atoms. The molecule has 0 unspecified atom stereocenters. The standard InChI is InChI=1S/C27H30N4O4/c1-19(33)26-28-14-15-31(26)23(18-32)11-6-20-4-7-21(8-5-20)22-9-12-24(13-10-22)35-25-16-30(17-25)27(34)29(2)3/h4-5,7-10,12-15,19,23,25,32-33H,16-18H2,1-3H3/t19-,23-/m0/s1. The van der Waals surface area contributed by atoms with Crippen LogP contribution in [0.25, 0.3) is 11.1 Å². The molecule has 2 N–H and O–H groups in total. The number of amides is 2. The molecule has 2 amide bonds. The van der Waals surface area contributed by atoms with Crippen molar-refractivity contribution in [3.05, 3.63) is 72.3 Å². The zero-order valence-corrected chi connectivity index (χ0v) is 20.1. The molecule has 8 heteroatoms. The fourth-order valence-electron chi connectivity index (χ4n) is 3.90. The van der Waals surface area contributed by atoms with E-state index in [0.29, 0.717) is 18.9 Å². The van der Waals surface area contributed by atoms with Crippen molar-refractivity contribution >= 4 is 6.03 Å². The Kier molecular flexibility index (Phi) is 7.39. The number of urea groups is 1. The number of hydrogen-bond acceptors (Lipinski definition) is 5. The highest BCUT2D eigenvalue weighted by Gasteiger charge is 2.33. The molecule has 2 aromatic carbocycles. The smallest absolute Gasteiger partial charge is 0.319 e. The van der Waals surface area contributed by atoms with Crippen LogP contribution in [0.3, 0.4) is 0 Å². The maximum absolute atomic E-state index is 11.9.